The maximum atomic E-state index is 14.1. The Kier molecular flexibility index (Phi) is 8.00. The van der Waals surface area contributed by atoms with Crippen molar-refractivity contribution in [1.82, 2.24) is 0 Å². The molecule has 3 rings (SSSR count). The minimum atomic E-state index is -3.74. The number of hydrogen-bond donors (Lipinski definition) is 2. The molecule has 6 nitrogen and oxygen atoms in total. The molecule has 0 heterocycles. The van der Waals surface area contributed by atoms with Crippen molar-refractivity contribution in [3.8, 4) is 11.5 Å². The first-order valence-corrected chi connectivity index (χ1v) is 12.3. The summed E-state index contributed by atoms with van der Waals surface area (Å²) in [4.78, 5) is 0.0425. The van der Waals surface area contributed by atoms with E-state index in [1.165, 1.54) is 24.3 Å². The molecule has 170 valence electrons. The lowest BCUT2D eigenvalue weighted by Crippen LogP contribution is -2.12. The molecule has 0 atom stereocenters. The third-order valence-corrected chi connectivity index (χ3v) is 6.34. The van der Waals surface area contributed by atoms with Gasteiger partial charge in [-0.3, -0.25) is 0 Å². The molecule has 10 heteroatoms. The molecule has 0 fully saturated rings. The maximum Gasteiger partial charge on any atom is 0.238 e. The Morgan fingerprint density at radius 2 is 1.84 bits per heavy atom. The number of halogens is 3. The monoisotopic (exact) mass is 542 g/mol. The second kappa shape index (κ2) is 10.5. The normalized spacial score (nSPS) is 11.3. The molecule has 0 aliphatic carbocycles. The van der Waals surface area contributed by atoms with Crippen molar-refractivity contribution < 1.29 is 22.3 Å². The highest BCUT2D eigenvalue weighted by Crippen LogP contribution is 2.38. The highest BCUT2D eigenvalue weighted by Gasteiger charge is 2.15. The minimum Gasteiger partial charge on any atom is -0.490 e. The molecule has 0 spiro atoms. The highest BCUT2D eigenvalue weighted by molar-refractivity contribution is 9.10. The molecular formula is C22H21BrClFN2O4S. The number of sulfonamides is 1. The van der Waals surface area contributed by atoms with Crippen molar-refractivity contribution in [3.63, 3.8) is 0 Å². The van der Waals surface area contributed by atoms with Gasteiger partial charge >= 0.3 is 0 Å². The Morgan fingerprint density at radius 3 is 2.47 bits per heavy atom. The smallest absolute Gasteiger partial charge is 0.238 e. The number of nitrogens with one attached hydrogen (secondary N) is 1. The first kappa shape index (κ1) is 24.3. The molecule has 0 saturated heterocycles. The van der Waals surface area contributed by atoms with Gasteiger partial charge in [0, 0.05) is 17.8 Å². The topological polar surface area (TPSA) is 90.6 Å². The summed E-state index contributed by atoms with van der Waals surface area (Å²) in [5.41, 5.74) is 1.87. The van der Waals surface area contributed by atoms with Crippen LogP contribution in [0.4, 0.5) is 10.1 Å². The lowest BCUT2D eigenvalue weighted by Gasteiger charge is -2.17. The second-order valence-electron chi connectivity index (χ2n) is 6.75. The van der Waals surface area contributed by atoms with Crippen LogP contribution >= 0.6 is 27.5 Å². The quantitative estimate of drug-likeness (QED) is 0.373. The van der Waals surface area contributed by atoms with Gasteiger partial charge in [-0.2, -0.15) is 0 Å². The first-order chi connectivity index (χ1) is 15.2. The summed E-state index contributed by atoms with van der Waals surface area (Å²) < 4.78 is 49.0. The average Bonchev–Trinajstić information content (AvgIpc) is 2.73. The van der Waals surface area contributed by atoms with Crippen LogP contribution < -0.4 is 19.9 Å². The number of hydrogen-bond acceptors (Lipinski definition) is 5. The van der Waals surface area contributed by atoms with Gasteiger partial charge in [0.15, 0.2) is 11.5 Å². The molecule has 3 aromatic carbocycles. The lowest BCUT2D eigenvalue weighted by molar-refractivity contribution is 0.264. The summed E-state index contributed by atoms with van der Waals surface area (Å²) in [5, 5.41) is 8.61. The predicted octanol–water partition coefficient (Wildman–Crippen LogP) is 5.48. The zero-order chi connectivity index (χ0) is 23.3. The maximum absolute atomic E-state index is 14.1. The van der Waals surface area contributed by atoms with E-state index < -0.39 is 15.8 Å². The van der Waals surface area contributed by atoms with Crippen molar-refractivity contribution >= 4 is 43.2 Å². The third-order valence-electron chi connectivity index (χ3n) is 4.47. The molecule has 0 unspecified atom stereocenters. The van der Waals surface area contributed by atoms with Crippen molar-refractivity contribution in [2.45, 2.75) is 25.0 Å². The molecule has 0 aliphatic heterocycles. The van der Waals surface area contributed by atoms with Gasteiger partial charge in [0.25, 0.3) is 0 Å². The first-order valence-electron chi connectivity index (χ1n) is 9.56. The molecule has 0 radical (unpaired) electrons. The van der Waals surface area contributed by atoms with E-state index in [1.807, 2.05) is 19.1 Å². The van der Waals surface area contributed by atoms with Gasteiger partial charge in [0.1, 0.15) is 12.4 Å². The van der Waals surface area contributed by atoms with Crippen molar-refractivity contribution in [2.24, 2.45) is 5.14 Å². The van der Waals surface area contributed by atoms with E-state index in [1.54, 1.807) is 18.2 Å². The molecule has 0 bridgehead atoms. The molecule has 0 aromatic heterocycles. The molecule has 0 saturated carbocycles. The Hall–Kier alpha value is -2.33. The van der Waals surface area contributed by atoms with E-state index in [9.17, 15) is 12.8 Å². The zero-order valence-corrected chi connectivity index (χ0v) is 20.2. The summed E-state index contributed by atoms with van der Waals surface area (Å²) in [6.07, 6.45) is 0. The van der Waals surface area contributed by atoms with Crippen LogP contribution in [0.15, 0.2) is 64.0 Å². The third kappa shape index (κ3) is 6.13. The van der Waals surface area contributed by atoms with Crippen molar-refractivity contribution in [2.75, 3.05) is 11.9 Å². The zero-order valence-electron chi connectivity index (χ0n) is 17.1. The SMILES string of the molecule is CCOc1cc(CNc2ccc(S(N)(=O)=O)cc2)cc(Br)c1OCc1c(F)cccc1Cl. The highest BCUT2D eigenvalue weighted by atomic mass is 79.9. The molecule has 3 aromatic rings. The van der Waals surface area contributed by atoms with Crippen LogP contribution in [0.1, 0.15) is 18.1 Å². The Labute approximate surface area is 199 Å². The van der Waals surface area contributed by atoms with Crippen LogP contribution in [-0.2, 0) is 23.2 Å². The number of ether oxygens (including phenoxy) is 2. The average molecular weight is 544 g/mol. The minimum absolute atomic E-state index is 0.0425. The molecule has 32 heavy (non-hydrogen) atoms. The summed E-state index contributed by atoms with van der Waals surface area (Å²) in [6, 6.07) is 14.3. The van der Waals surface area contributed by atoms with E-state index >= 15 is 0 Å². The van der Waals surface area contributed by atoms with Gasteiger partial charge in [-0.05, 0) is 76.9 Å². The van der Waals surface area contributed by atoms with E-state index in [0.717, 1.165) is 11.3 Å². The second-order valence-corrected chi connectivity index (χ2v) is 9.57. The van der Waals surface area contributed by atoms with Gasteiger partial charge in [-0.25, -0.2) is 17.9 Å². The Bertz CT molecular complexity index is 1190. The van der Waals surface area contributed by atoms with E-state index in [-0.39, 0.29) is 22.1 Å². The van der Waals surface area contributed by atoms with Crippen molar-refractivity contribution in [3.05, 3.63) is 81.0 Å². The predicted molar refractivity (Wildman–Crippen MR) is 126 cm³/mol. The Balaban J connectivity index is 1.76. The van der Waals surface area contributed by atoms with Crippen molar-refractivity contribution in [1.29, 1.82) is 0 Å². The number of anilines is 1. The van der Waals surface area contributed by atoms with Crippen LogP contribution in [0.5, 0.6) is 11.5 Å². The number of benzene rings is 3. The van der Waals surface area contributed by atoms with Crippen LogP contribution in [-0.4, -0.2) is 15.0 Å². The van der Waals surface area contributed by atoms with Gasteiger partial charge in [0.2, 0.25) is 10.0 Å². The fourth-order valence-corrected chi connectivity index (χ4v) is 4.24. The number of rotatable bonds is 9. The van der Waals surface area contributed by atoms with Crippen LogP contribution in [0, 0.1) is 5.82 Å². The summed E-state index contributed by atoms with van der Waals surface area (Å²) in [7, 11) is -3.74. The largest absolute Gasteiger partial charge is 0.490 e. The summed E-state index contributed by atoms with van der Waals surface area (Å²) in [6.45, 7) is 2.64. The van der Waals surface area contributed by atoms with Crippen LogP contribution in [0.2, 0.25) is 5.02 Å². The Morgan fingerprint density at radius 1 is 1.12 bits per heavy atom. The summed E-state index contributed by atoms with van der Waals surface area (Å²) >= 11 is 9.58. The van der Waals surface area contributed by atoms with E-state index in [4.69, 9.17) is 26.2 Å². The molecule has 0 aliphatic rings. The standard InChI is InChI=1S/C22H21BrClFN2O4S/c1-2-30-21-11-14(12-27-15-6-8-16(9-7-15)32(26,28)29)10-18(23)22(21)31-13-17-19(24)4-3-5-20(17)25/h3-11,27H,2,12-13H2,1H3,(H2,26,28,29). The van der Waals surface area contributed by atoms with Crippen LogP contribution in [0.3, 0.4) is 0 Å². The number of nitrogens with two attached hydrogens (primary N) is 1. The molecule has 0 amide bonds. The van der Waals surface area contributed by atoms with Crippen LogP contribution in [0.25, 0.3) is 0 Å². The van der Waals surface area contributed by atoms with Gasteiger partial charge in [-0.15, -0.1) is 0 Å². The van der Waals surface area contributed by atoms with Gasteiger partial charge in [0.05, 0.1) is 21.0 Å². The van der Waals surface area contributed by atoms with Gasteiger partial charge < -0.3 is 14.8 Å². The van der Waals surface area contributed by atoms with Gasteiger partial charge in [-0.1, -0.05) is 17.7 Å². The van der Waals surface area contributed by atoms with E-state index in [2.05, 4.69) is 21.2 Å². The van der Waals surface area contributed by atoms with E-state index in [0.29, 0.717) is 29.1 Å². The fraction of sp³-hybridized carbons (Fsp3) is 0.182. The lowest BCUT2D eigenvalue weighted by atomic mass is 10.2. The fourth-order valence-electron chi connectivity index (χ4n) is 2.91. The number of primary sulfonamides is 1. The summed E-state index contributed by atoms with van der Waals surface area (Å²) in [5.74, 6) is 0.490. The molecular weight excluding hydrogens is 523 g/mol. The molecule has 3 N–H and O–H groups in total.